The average molecular weight is 332 g/mol. The van der Waals surface area contributed by atoms with E-state index in [0.717, 1.165) is 52.2 Å². The first-order chi connectivity index (χ1) is 11.6. The topological polar surface area (TPSA) is 50.6 Å². The number of carbonyl (C=O) groups is 1. The molecule has 24 heavy (non-hydrogen) atoms. The van der Waals surface area contributed by atoms with E-state index in [1.807, 2.05) is 15.8 Å². The fourth-order valence-corrected chi connectivity index (χ4v) is 4.38. The molecule has 6 heteroatoms. The molecule has 0 N–H and O–H groups in total. The second-order valence-corrected chi connectivity index (χ2v) is 7.86. The number of hydrogen-bond acceptors (Lipinski definition) is 4. The molecule has 0 saturated carbocycles. The predicted molar refractivity (Wildman–Crippen MR) is 90.4 cm³/mol. The summed E-state index contributed by atoms with van der Waals surface area (Å²) in [6, 6.07) is 0.405. The largest absolute Gasteiger partial charge is 0.376 e. The van der Waals surface area contributed by atoms with E-state index in [1.54, 1.807) is 0 Å². The van der Waals surface area contributed by atoms with E-state index in [2.05, 4.69) is 30.0 Å². The Morgan fingerprint density at radius 3 is 2.96 bits per heavy atom. The molecule has 1 amide bonds. The maximum absolute atomic E-state index is 11.9. The van der Waals surface area contributed by atoms with Crippen molar-refractivity contribution in [2.24, 2.45) is 11.8 Å². The van der Waals surface area contributed by atoms with E-state index in [9.17, 15) is 4.79 Å². The Bertz CT molecular complexity index is 600. The zero-order valence-corrected chi connectivity index (χ0v) is 14.7. The van der Waals surface area contributed by atoms with Gasteiger partial charge in [-0.3, -0.25) is 14.4 Å². The lowest BCUT2D eigenvalue weighted by atomic mass is 9.93. The molecule has 3 saturated heterocycles. The lowest BCUT2D eigenvalue weighted by Gasteiger charge is -2.24. The molecule has 0 bridgehead atoms. The number of rotatable bonds is 5. The molecule has 0 spiro atoms. The predicted octanol–water partition coefficient (Wildman–Crippen LogP) is 1.53. The first-order valence-electron chi connectivity index (χ1n) is 9.25. The van der Waals surface area contributed by atoms with Crippen LogP contribution in [-0.2, 0) is 16.1 Å². The van der Waals surface area contributed by atoms with Gasteiger partial charge in [-0.25, -0.2) is 0 Å². The van der Waals surface area contributed by atoms with Gasteiger partial charge in [-0.1, -0.05) is 0 Å². The van der Waals surface area contributed by atoms with Crippen LogP contribution < -0.4 is 0 Å². The molecule has 3 aliphatic rings. The summed E-state index contributed by atoms with van der Waals surface area (Å²) in [6.07, 6.45) is 6.22. The van der Waals surface area contributed by atoms with Crippen LogP contribution in [0.5, 0.6) is 0 Å². The van der Waals surface area contributed by atoms with Crippen LogP contribution in [0, 0.1) is 11.8 Å². The summed E-state index contributed by atoms with van der Waals surface area (Å²) >= 11 is 0. The van der Waals surface area contributed by atoms with Gasteiger partial charge < -0.3 is 9.64 Å². The van der Waals surface area contributed by atoms with Crippen LogP contribution >= 0.6 is 0 Å². The first-order valence-corrected chi connectivity index (χ1v) is 9.25. The highest BCUT2D eigenvalue weighted by atomic mass is 16.5. The minimum atomic E-state index is 0.328. The van der Waals surface area contributed by atoms with Crippen LogP contribution in [0.15, 0.2) is 12.4 Å². The van der Waals surface area contributed by atoms with Gasteiger partial charge in [0.05, 0.1) is 18.9 Å². The third kappa shape index (κ3) is 3.09. The van der Waals surface area contributed by atoms with E-state index in [-0.39, 0.29) is 0 Å². The fraction of sp³-hybridized carbons (Fsp3) is 0.778. The molecule has 4 rings (SSSR count). The summed E-state index contributed by atoms with van der Waals surface area (Å²) in [6.45, 7) is 9.96. The highest BCUT2D eigenvalue weighted by Crippen LogP contribution is 2.35. The van der Waals surface area contributed by atoms with E-state index < -0.39 is 0 Å². The van der Waals surface area contributed by atoms with Crippen molar-refractivity contribution in [3.8, 4) is 0 Å². The summed E-state index contributed by atoms with van der Waals surface area (Å²) in [7, 11) is 0. The Hall–Kier alpha value is -1.40. The monoisotopic (exact) mass is 332 g/mol. The Morgan fingerprint density at radius 1 is 1.38 bits per heavy atom. The molecule has 132 valence electrons. The Kier molecular flexibility index (Phi) is 4.35. The lowest BCUT2D eigenvalue weighted by molar-refractivity contribution is -0.128. The third-order valence-corrected chi connectivity index (χ3v) is 5.73. The zero-order valence-electron chi connectivity index (χ0n) is 14.7. The number of carbonyl (C=O) groups excluding carboxylic acids is 1. The smallest absolute Gasteiger partial charge is 0.222 e. The summed E-state index contributed by atoms with van der Waals surface area (Å²) in [5.74, 6) is 1.40. The highest BCUT2D eigenvalue weighted by Gasteiger charge is 2.44. The molecule has 6 nitrogen and oxygen atoms in total. The summed E-state index contributed by atoms with van der Waals surface area (Å²) in [5.41, 5.74) is 1.27. The van der Waals surface area contributed by atoms with Crippen molar-refractivity contribution in [3.05, 3.63) is 18.0 Å². The van der Waals surface area contributed by atoms with Crippen molar-refractivity contribution in [1.29, 1.82) is 0 Å². The molecule has 0 unspecified atom stereocenters. The Labute approximate surface area is 143 Å². The van der Waals surface area contributed by atoms with Gasteiger partial charge in [-0.2, -0.15) is 5.10 Å². The van der Waals surface area contributed by atoms with Crippen molar-refractivity contribution in [2.75, 3.05) is 32.8 Å². The van der Waals surface area contributed by atoms with Gasteiger partial charge >= 0.3 is 0 Å². The van der Waals surface area contributed by atoms with E-state index in [4.69, 9.17) is 4.74 Å². The quantitative estimate of drug-likeness (QED) is 0.821. The van der Waals surface area contributed by atoms with Gasteiger partial charge in [0, 0.05) is 68.8 Å². The molecule has 3 aliphatic heterocycles. The van der Waals surface area contributed by atoms with Gasteiger partial charge in [0.25, 0.3) is 0 Å². The Balaban J connectivity index is 1.34. The van der Waals surface area contributed by atoms with Gasteiger partial charge in [0.1, 0.15) is 0 Å². The van der Waals surface area contributed by atoms with Crippen LogP contribution in [0.4, 0.5) is 0 Å². The normalized spacial score (nSPS) is 30.7. The van der Waals surface area contributed by atoms with Gasteiger partial charge in [0.2, 0.25) is 5.91 Å². The molecule has 0 radical (unpaired) electrons. The molecule has 3 atom stereocenters. The second-order valence-electron chi connectivity index (χ2n) is 7.86. The van der Waals surface area contributed by atoms with E-state index >= 15 is 0 Å². The number of fused-ring (bicyclic) bond motifs is 1. The van der Waals surface area contributed by atoms with Gasteiger partial charge in [-0.15, -0.1) is 0 Å². The number of hydrogen-bond donors (Lipinski definition) is 0. The first kappa shape index (κ1) is 16.1. The molecular formula is C18H28N4O2. The van der Waals surface area contributed by atoms with Crippen LogP contribution in [0.1, 0.15) is 38.3 Å². The van der Waals surface area contributed by atoms with Crippen LogP contribution in [0.2, 0.25) is 0 Å². The maximum Gasteiger partial charge on any atom is 0.222 e. The molecule has 1 aromatic heterocycles. The molecule has 4 heterocycles. The minimum absolute atomic E-state index is 0.328. The van der Waals surface area contributed by atoms with E-state index in [0.29, 0.717) is 29.9 Å². The third-order valence-electron chi connectivity index (χ3n) is 5.73. The lowest BCUT2D eigenvalue weighted by Crippen LogP contribution is -2.35. The van der Waals surface area contributed by atoms with E-state index in [1.165, 1.54) is 5.56 Å². The molecule has 3 fully saturated rings. The van der Waals surface area contributed by atoms with Gasteiger partial charge in [0.15, 0.2) is 0 Å². The van der Waals surface area contributed by atoms with Crippen LogP contribution in [0.25, 0.3) is 0 Å². The number of amides is 1. The number of nitrogens with zero attached hydrogens (tertiary/aromatic N) is 4. The number of ether oxygens (including phenoxy) is 1. The number of aromatic nitrogens is 2. The second kappa shape index (κ2) is 6.48. The van der Waals surface area contributed by atoms with Crippen LogP contribution in [0.3, 0.4) is 0 Å². The van der Waals surface area contributed by atoms with Crippen molar-refractivity contribution in [2.45, 2.75) is 45.4 Å². The Morgan fingerprint density at radius 2 is 2.25 bits per heavy atom. The summed E-state index contributed by atoms with van der Waals surface area (Å²) in [4.78, 5) is 16.4. The minimum Gasteiger partial charge on any atom is -0.376 e. The maximum atomic E-state index is 11.9. The molecule has 1 aromatic rings. The van der Waals surface area contributed by atoms with Crippen molar-refractivity contribution in [1.82, 2.24) is 19.6 Å². The SMILES string of the molecule is CC(C)n1cc(CN2C[C@H]3[C@H](CN4CCCC4=O)CO[C@H]3C2)cn1. The molecular weight excluding hydrogens is 304 g/mol. The standard InChI is InChI=1S/C18H28N4O2/c1-13(2)22-8-14(6-19-22)7-20-10-16-15(12-24-17(16)11-20)9-21-5-3-4-18(21)23/h6,8,13,15-17H,3-5,7,9-12H2,1-2H3/t15-,16+,17+/m1/s1. The van der Waals surface area contributed by atoms with Crippen molar-refractivity contribution < 1.29 is 9.53 Å². The van der Waals surface area contributed by atoms with Crippen molar-refractivity contribution in [3.63, 3.8) is 0 Å². The highest BCUT2D eigenvalue weighted by molar-refractivity contribution is 5.78. The summed E-state index contributed by atoms with van der Waals surface area (Å²) in [5, 5.41) is 4.44. The summed E-state index contributed by atoms with van der Waals surface area (Å²) < 4.78 is 8.06. The van der Waals surface area contributed by atoms with Crippen LogP contribution in [-0.4, -0.2) is 64.4 Å². The molecule has 0 aliphatic carbocycles. The van der Waals surface area contributed by atoms with Gasteiger partial charge in [-0.05, 0) is 20.3 Å². The molecule has 0 aromatic carbocycles. The fourth-order valence-electron chi connectivity index (χ4n) is 4.38. The number of likely N-dealkylation sites (tertiary alicyclic amines) is 2. The van der Waals surface area contributed by atoms with Crippen molar-refractivity contribution >= 4 is 5.91 Å². The average Bonchev–Trinajstić information content (AvgIpc) is 3.28. The zero-order chi connectivity index (χ0) is 16.7.